The maximum atomic E-state index is 5.39. The predicted octanol–water partition coefficient (Wildman–Crippen LogP) is 2.70. The van der Waals surface area contributed by atoms with Gasteiger partial charge in [-0.05, 0) is 37.5 Å². The van der Waals surface area contributed by atoms with Crippen LogP contribution in [-0.4, -0.2) is 22.8 Å². The van der Waals surface area contributed by atoms with Gasteiger partial charge in [0.05, 0.1) is 0 Å². The Balaban J connectivity index is 1.45. The lowest BCUT2D eigenvalue weighted by atomic mass is 10.2. The van der Waals surface area contributed by atoms with Crippen molar-refractivity contribution in [3.8, 4) is 11.5 Å². The molecule has 0 atom stereocenters. The average molecular weight is 298 g/mol. The van der Waals surface area contributed by atoms with Gasteiger partial charge in [-0.3, -0.25) is 0 Å². The van der Waals surface area contributed by atoms with E-state index in [4.69, 9.17) is 9.47 Å². The monoisotopic (exact) mass is 298 g/mol. The summed E-state index contributed by atoms with van der Waals surface area (Å²) in [6.07, 6.45) is 2.45. The van der Waals surface area contributed by atoms with Crippen molar-refractivity contribution in [1.82, 2.24) is 9.97 Å². The molecule has 0 radical (unpaired) electrons. The second-order valence-corrected chi connectivity index (χ2v) is 5.65. The minimum absolute atomic E-state index is 0.299. The molecule has 1 saturated carbocycles. The number of nitrogens with one attached hydrogen (secondary N) is 2. The highest BCUT2D eigenvalue weighted by Crippen LogP contribution is 2.32. The zero-order valence-corrected chi connectivity index (χ0v) is 12.4. The van der Waals surface area contributed by atoms with Crippen molar-refractivity contribution in [2.75, 3.05) is 17.4 Å². The molecule has 2 aliphatic rings. The lowest BCUT2D eigenvalue weighted by Crippen LogP contribution is -2.08. The molecule has 1 aromatic heterocycles. The molecular formula is C16H18N4O2. The second kappa shape index (κ2) is 5.36. The summed E-state index contributed by atoms with van der Waals surface area (Å²) in [6, 6.07) is 8.49. The lowest BCUT2D eigenvalue weighted by molar-refractivity contribution is 0.174. The molecular weight excluding hydrogens is 280 g/mol. The summed E-state index contributed by atoms with van der Waals surface area (Å²) in [5.74, 6) is 4.09. The summed E-state index contributed by atoms with van der Waals surface area (Å²) in [5.41, 5.74) is 1.12. The Hall–Kier alpha value is -2.50. The van der Waals surface area contributed by atoms with Gasteiger partial charge in [-0.15, -0.1) is 0 Å². The predicted molar refractivity (Wildman–Crippen MR) is 83.3 cm³/mol. The van der Waals surface area contributed by atoms with Crippen LogP contribution in [0.2, 0.25) is 0 Å². The van der Waals surface area contributed by atoms with E-state index in [1.54, 1.807) is 0 Å². The van der Waals surface area contributed by atoms with E-state index in [2.05, 4.69) is 20.6 Å². The first-order valence-corrected chi connectivity index (χ1v) is 7.51. The van der Waals surface area contributed by atoms with E-state index in [9.17, 15) is 0 Å². The standard InChI is InChI=1S/C16H18N4O2/c1-10-18-15(7-16(19-10)20-12-3-4-12)17-8-11-2-5-13-14(6-11)22-9-21-13/h2,5-7,12H,3-4,8-9H2,1H3,(H2,17,18,19,20). The van der Waals surface area contributed by atoms with E-state index in [1.165, 1.54) is 12.8 Å². The third-order valence-corrected chi connectivity index (χ3v) is 3.68. The zero-order valence-electron chi connectivity index (χ0n) is 12.4. The number of hydrogen-bond acceptors (Lipinski definition) is 6. The summed E-state index contributed by atoms with van der Waals surface area (Å²) in [4.78, 5) is 8.85. The normalized spacial score (nSPS) is 15.7. The second-order valence-electron chi connectivity index (χ2n) is 5.65. The molecule has 0 amide bonds. The van der Waals surface area contributed by atoms with Crippen LogP contribution in [0.15, 0.2) is 24.3 Å². The van der Waals surface area contributed by atoms with Gasteiger partial charge in [0.25, 0.3) is 0 Å². The first-order chi connectivity index (χ1) is 10.8. The summed E-state index contributed by atoms with van der Waals surface area (Å²) in [6.45, 7) is 2.88. The summed E-state index contributed by atoms with van der Waals surface area (Å²) < 4.78 is 10.7. The molecule has 114 valence electrons. The van der Waals surface area contributed by atoms with Crippen molar-refractivity contribution >= 4 is 11.6 Å². The van der Waals surface area contributed by atoms with Crippen LogP contribution in [-0.2, 0) is 6.54 Å². The van der Waals surface area contributed by atoms with Gasteiger partial charge < -0.3 is 20.1 Å². The molecule has 2 N–H and O–H groups in total. The zero-order chi connectivity index (χ0) is 14.9. The first kappa shape index (κ1) is 13.2. The van der Waals surface area contributed by atoms with Gasteiger partial charge in [0.2, 0.25) is 6.79 Å². The third-order valence-electron chi connectivity index (χ3n) is 3.68. The number of aryl methyl sites for hydroxylation is 1. The van der Waals surface area contributed by atoms with E-state index in [1.807, 2.05) is 31.2 Å². The van der Waals surface area contributed by atoms with Gasteiger partial charge in [0.15, 0.2) is 11.5 Å². The van der Waals surface area contributed by atoms with Crippen LogP contribution < -0.4 is 20.1 Å². The SMILES string of the molecule is Cc1nc(NCc2ccc3c(c2)OCO3)cc(NC2CC2)n1. The highest BCUT2D eigenvalue weighted by atomic mass is 16.7. The Bertz CT molecular complexity index is 701. The van der Waals surface area contributed by atoms with Crippen LogP contribution in [0.5, 0.6) is 11.5 Å². The van der Waals surface area contributed by atoms with E-state index in [-0.39, 0.29) is 0 Å². The number of ether oxygens (including phenoxy) is 2. The van der Waals surface area contributed by atoms with Gasteiger partial charge in [-0.1, -0.05) is 6.07 Å². The molecule has 22 heavy (non-hydrogen) atoms. The number of aromatic nitrogens is 2. The molecule has 4 rings (SSSR count). The topological polar surface area (TPSA) is 68.3 Å². The van der Waals surface area contributed by atoms with Crippen LogP contribution >= 0.6 is 0 Å². The number of rotatable bonds is 5. The lowest BCUT2D eigenvalue weighted by Gasteiger charge is -2.10. The minimum Gasteiger partial charge on any atom is -0.454 e. The summed E-state index contributed by atoms with van der Waals surface area (Å²) in [5, 5.41) is 6.74. The van der Waals surface area contributed by atoms with Crippen LogP contribution in [0, 0.1) is 6.92 Å². The first-order valence-electron chi connectivity index (χ1n) is 7.51. The number of fused-ring (bicyclic) bond motifs is 1. The fraction of sp³-hybridized carbons (Fsp3) is 0.375. The maximum Gasteiger partial charge on any atom is 0.231 e. The van der Waals surface area contributed by atoms with Crippen LogP contribution in [0.3, 0.4) is 0 Å². The molecule has 6 heteroatoms. The number of hydrogen-bond donors (Lipinski definition) is 2. The molecule has 0 bridgehead atoms. The Morgan fingerprint density at radius 1 is 1.09 bits per heavy atom. The van der Waals surface area contributed by atoms with Crippen LogP contribution in [0.4, 0.5) is 11.6 Å². The average Bonchev–Trinajstić information content (AvgIpc) is 3.18. The van der Waals surface area contributed by atoms with Crippen molar-refractivity contribution in [1.29, 1.82) is 0 Å². The Morgan fingerprint density at radius 3 is 2.77 bits per heavy atom. The van der Waals surface area contributed by atoms with Crippen molar-refractivity contribution in [3.05, 3.63) is 35.7 Å². The van der Waals surface area contributed by atoms with Gasteiger partial charge >= 0.3 is 0 Å². The molecule has 1 fully saturated rings. The maximum absolute atomic E-state index is 5.39. The molecule has 6 nitrogen and oxygen atoms in total. The number of anilines is 2. The Kier molecular flexibility index (Phi) is 3.21. The fourth-order valence-corrected chi connectivity index (χ4v) is 2.41. The van der Waals surface area contributed by atoms with Gasteiger partial charge in [0.1, 0.15) is 17.5 Å². The molecule has 1 aliphatic heterocycles. The van der Waals surface area contributed by atoms with Crippen LogP contribution in [0.1, 0.15) is 24.2 Å². The number of benzene rings is 1. The van der Waals surface area contributed by atoms with Gasteiger partial charge in [-0.25, -0.2) is 9.97 Å². The Labute approximate surface area is 128 Å². The summed E-state index contributed by atoms with van der Waals surface area (Å²) in [7, 11) is 0. The molecule has 0 spiro atoms. The fourth-order valence-electron chi connectivity index (χ4n) is 2.41. The van der Waals surface area contributed by atoms with Crippen molar-refractivity contribution in [2.45, 2.75) is 32.4 Å². The van der Waals surface area contributed by atoms with Gasteiger partial charge in [-0.2, -0.15) is 0 Å². The number of nitrogens with zero attached hydrogens (tertiary/aromatic N) is 2. The Morgan fingerprint density at radius 2 is 1.91 bits per heavy atom. The highest BCUT2D eigenvalue weighted by molar-refractivity contribution is 5.50. The van der Waals surface area contributed by atoms with Crippen LogP contribution in [0.25, 0.3) is 0 Å². The largest absolute Gasteiger partial charge is 0.454 e. The third kappa shape index (κ3) is 2.90. The van der Waals surface area contributed by atoms with Crippen molar-refractivity contribution in [3.63, 3.8) is 0 Å². The van der Waals surface area contributed by atoms with Gasteiger partial charge in [0, 0.05) is 18.7 Å². The molecule has 1 aromatic carbocycles. The van der Waals surface area contributed by atoms with E-state index in [0.717, 1.165) is 34.5 Å². The molecule has 1 aliphatic carbocycles. The van der Waals surface area contributed by atoms with Crippen molar-refractivity contribution in [2.24, 2.45) is 0 Å². The molecule has 2 aromatic rings. The highest BCUT2D eigenvalue weighted by Gasteiger charge is 2.21. The smallest absolute Gasteiger partial charge is 0.231 e. The molecule has 2 heterocycles. The van der Waals surface area contributed by atoms with E-state index < -0.39 is 0 Å². The van der Waals surface area contributed by atoms with E-state index >= 15 is 0 Å². The molecule has 0 unspecified atom stereocenters. The minimum atomic E-state index is 0.299. The van der Waals surface area contributed by atoms with Crippen molar-refractivity contribution < 1.29 is 9.47 Å². The van der Waals surface area contributed by atoms with E-state index in [0.29, 0.717) is 19.4 Å². The molecule has 0 saturated heterocycles. The quantitative estimate of drug-likeness (QED) is 0.884. The summed E-state index contributed by atoms with van der Waals surface area (Å²) >= 11 is 0.